The number of carbonyl (C=O) groups is 1. The third-order valence-electron chi connectivity index (χ3n) is 6.83. The molecule has 3 heterocycles. The number of anilines is 1. The van der Waals surface area contributed by atoms with Gasteiger partial charge in [0.15, 0.2) is 0 Å². The molecule has 0 spiro atoms. The Kier molecular flexibility index (Phi) is 5.73. The van der Waals surface area contributed by atoms with E-state index in [1.165, 1.54) is 51.4 Å². The molecule has 5 rings (SSSR count). The summed E-state index contributed by atoms with van der Waals surface area (Å²) in [5, 5.41) is 3.32. The molecule has 0 aromatic carbocycles. The second-order valence-electron chi connectivity index (χ2n) is 9.34. The maximum atomic E-state index is 13.2. The summed E-state index contributed by atoms with van der Waals surface area (Å²) in [5.74, 6) is 1.60. The molecule has 0 atom stereocenters. The van der Waals surface area contributed by atoms with Gasteiger partial charge in [-0.15, -0.1) is 0 Å². The molecule has 3 fully saturated rings. The Morgan fingerprint density at radius 3 is 2.30 bits per heavy atom. The van der Waals surface area contributed by atoms with E-state index in [4.69, 9.17) is 0 Å². The van der Waals surface area contributed by atoms with Crippen LogP contribution >= 0.6 is 0 Å². The summed E-state index contributed by atoms with van der Waals surface area (Å²) in [6, 6.07) is 2.35. The average Bonchev–Trinajstić information content (AvgIpc) is 3.31. The SMILES string of the molecule is O=C(NC1CCCCCC1)c1cc(-c2cnc(N3CCCC3)nc2)cn1CC1CC1. The number of hydrogen-bond acceptors (Lipinski definition) is 4. The van der Waals surface area contributed by atoms with Crippen LogP contribution in [-0.2, 0) is 6.54 Å². The Hall–Kier alpha value is -2.37. The molecule has 0 unspecified atom stereocenters. The van der Waals surface area contributed by atoms with Crippen molar-refractivity contribution in [3.8, 4) is 11.1 Å². The van der Waals surface area contributed by atoms with Crippen LogP contribution in [0.5, 0.6) is 0 Å². The quantitative estimate of drug-likeness (QED) is 0.721. The molecule has 30 heavy (non-hydrogen) atoms. The molecule has 2 aromatic heterocycles. The largest absolute Gasteiger partial charge is 0.348 e. The maximum absolute atomic E-state index is 13.2. The highest BCUT2D eigenvalue weighted by molar-refractivity contribution is 5.94. The van der Waals surface area contributed by atoms with Gasteiger partial charge < -0.3 is 14.8 Å². The molecule has 3 aliphatic rings. The summed E-state index contributed by atoms with van der Waals surface area (Å²) in [7, 11) is 0. The van der Waals surface area contributed by atoms with Gasteiger partial charge >= 0.3 is 0 Å². The predicted molar refractivity (Wildman–Crippen MR) is 119 cm³/mol. The minimum Gasteiger partial charge on any atom is -0.348 e. The van der Waals surface area contributed by atoms with E-state index >= 15 is 0 Å². The summed E-state index contributed by atoms with van der Waals surface area (Å²) < 4.78 is 2.16. The van der Waals surface area contributed by atoms with E-state index in [2.05, 4.69) is 30.9 Å². The molecule has 160 valence electrons. The maximum Gasteiger partial charge on any atom is 0.268 e. The lowest BCUT2D eigenvalue weighted by Gasteiger charge is -2.17. The normalized spacial score (nSPS) is 20.3. The van der Waals surface area contributed by atoms with Crippen LogP contribution in [0, 0.1) is 5.92 Å². The molecule has 1 amide bonds. The van der Waals surface area contributed by atoms with Crippen LogP contribution in [0.15, 0.2) is 24.7 Å². The molecule has 6 nitrogen and oxygen atoms in total. The van der Waals surface area contributed by atoms with Gasteiger partial charge in [-0.2, -0.15) is 0 Å². The van der Waals surface area contributed by atoms with Gasteiger partial charge in [0.1, 0.15) is 5.69 Å². The Bertz CT molecular complexity index is 856. The van der Waals surface area contributed by atoms with E-state index in [0.29, 0.717) is 12.0 Å². The van der Waals surface area contributed by atoms with Gasteiger partial charge in [0.25, 0.3) is 5.91 Å². The van der Waals surface area contributed by atoms with Crippen molar-refractivity contribution >= 4 is 11.9 Å². The van der Waals surface area contributed by atoms with Gasteiger partial charge in [-0.25, -0.2) is 9.97 Å². The van der Waals surface area contributed by atoms with Crippen molar-refractivity contribution in [1.82, 2.24) is 19.9 Å². The number of amides is 1. The molecule has 2 saturated carbocycles. The van der Waals surface area contributed by atoms with Crippen molar-refractivity contribution < 1.29 is 4.79 Å². The first-order valence-electron chi connectivity index (χ1n) is 11.8. The van der Waals surface area contributed by atoms with E-state index in [9.17, 15) is 4.79 Å². The molecule has 2 aromatic rings. The molecule has 2 aliphatic carbocycles. The molecule has 1 saturated heterocycles. The molecular formula is C24H33N5O. The van der Waals surface area contributed by atoms with Gasteiger partial charge in [-0.3, -0.25) is 4.79 Å². The monoisotopic (exact) mass is 407 g/mol. The molecule has 0 bridgehead atoms. The first-order chi connectivity index (χ1) is 14.8. The van der Waals surface area contributed by atoms with Crippen LogP contribution in [0.3, 0.4) is 0 Å². The highest BCUT2D eigenvalue weighted by Crippen LogP contribution is 2.33. The zero-order valence-corrected chi connectivity index (χ0v) is 17.9. The first kappa shape index (κ1) is 19.6. The van der Waals surface area contributed by atoms with E-state index in [1.54, 1.807) is 0 Å². The fourth-order valence-electron chi connectivity index (χ4n) is 4.82. The van der Waals surface area contributed by atoms with Crippen molar-refractivity contribution in [3.05, 3.63) is 30.4 Å². The van der Waals surface area contributed by atoms with Crippen LogP contribution in [0.1, 0.15) is 74.7 Å². The standard InChI is InChI=1S/C24H33N5O/c30-23(27-21-7-3-1-2-4-8-21)22-13-19(17-29(22)16-18-9-10-18)20-14-25-24(26-15-20)28-11-5-6-12-28/h13-15,17-18,21H,1-12,16H2,(H,27,30). The molecule has 0 radical (unpaired) electrons. The van der Waals surface area contributed by atoms with Crippen LogP contribution in [0.4, 0.5) is 5.95 Å². The van der Waals surface area contributed by atoms with Crippen LogP contribution in [0.25, 0.3) is 11.1 Å². The summed E-state index contributed by atoms with van der Waals surface area (Å²) in [6.07, 6.45) is 18.1. The van der Waals surface area contributed by atoms with Gasteiger partial charge in [0.05, 0.1) is 0 Å². The van der Waals surface area contributed by atoms with Gasteiger partial charge in [-0.1, -0.05) is 25.7 Å². The Morgan fingerprint density at radius 2 is 1.63 bits per heavy atom. The highest BCUT2D eigenvalue weighted by Gasteiger charge is 2.26. The third kappa shape index (κ3) is 4.52. The van der Waals surface area contributed by atoms with Gasteiger partial charge in [0.2, 0.25) is 5.95 Å². The van der Waals surface area contributed by atoms with Crippen molar-refractivity contribution in [1.29, 1.82) is 0 Å². The zero-order chi connectivity index (χ0) is 20.3. The molecule has 1 N–H and O–H groups in total. The van der Waals surface area contributed by atoms with E-state index < -0.39 is 0 Å². The van der Waals surface area contributed by atoms with Crippen LogP contribution in [-0.4, -0.2) is 39.6 Å². The predicted octanol–water partition coefficient (Wildman–Crippen LogP) is 4.41. The van der Waals surface area contributed by atoms with Gasteiger partial charge in [0, 0.05) is 55.4 Å². The number of hydrogen-bond donors (Lipinski definition) is 1. The summed E-state index contributed by atoms with van der Waals surface area (Å²) in [4.78, 5) is 24.6. The summed E-state index contributed by atoms with van der Waals surface area (Å²) >= 11 is 0. The highest BCUT2D eigenvalue weighted by atomic mass is 16.2. The lowest BCUT2D eigenvalue weighted by Crippen LogP contribution is -2.35. The fraction of sp³-hybridized carbons (Fsp3) is 0.625. The summed E-state index contributed by atoms with van der Waals surface area (Å²) in [5.41, 5.74) is 2.80. The van der Waals surface area contributed by atoms with Crippen molar-refractivity contribution in [3.63, 3.8) is 0 Å². The number of nitrogens with one attached hydrogen (secondary N) is 1. The van der Waals surface area contributed by atoms with Crippen LogP contribution in [0.2, 0.25) is 0 Å². The lowest BCUT2D eigenvalue weighted by molar-refractivity contribution is 0.0923. The zero-order valence-electron chi connectivity index (χ0n) is 17.9. The topological polar surface area (TPSA) is 63.1 Å². The van der Waals surface area contributed by atoms with Crippen molar-refractivity contribution in [2.45, 2.75) is 76.8 Å². The van der Waals surface area contributed by atoms with Crippen molar-refractivity contribution in [2.24, 2.45) is 5.92 Å². The minimum atomic E-state index is 0.0726. The smallest absolute Gasteiger partial charge is 0.268 e. The molecule has 1 aliphatic heterocycles. The number of carbonyl (C=O) groups excluding carboxylic acids is 1. The number of nitrogens with zero attached hydrogens (tertiary/aromatic N) is 4. The minimum absolute atomic E-state index is 0.0726. The third-order valence-corrected chi connectivity index (χ3v) is 6.83. The second kappa shape index (κ2) is 8.78. The first-order valence-corrected chi connectivity index (χ1v) is 11.8. The van der Waals surface area contributed by atoms with Crippen molar-refractivity contribution in [2.75, 3.05) is 18.0 Å². The Morgan fingerprint density at radius 1 is 0.933 bits per heavy atom. The molecular weight excluding hydrogens is 374 g/mol. The number of rotatable bonds is 6. The van der Waals surface area contributed by atoms with E-state index in [1.807, 2.05) is 18.5 Å². The molecule has 6 heteroatoms. The van der Waals surface area contributed by atoms with E-state index in [-0.39, 0.29) is 5.91 Å². The fourth-order valence-corrected chi connectivity index (χ4v) is 4.82. The lowest BCUT2D eigenvalue weighted by atomic mass is 10.1. The number of aromatic nitrogens is 3. The summed E-state index contributed by atoms with van der Waals surface area (Å²) in [6.45, 7) is 3.02. The Balaban J connectivity index is 1.35. The average molecular weight is 408 g/mol. The second-order valence-corrected chi connectivity index (χ2v) is 9.34. The Labute approximate surface area is 179 Å². The van der Waals surface area contributed by atoms with Crippen LogP contribution < -0.4 is 10.2 Å². The van der Waals surface area contributed by atoms with Gasteiger partial charge in [-0.05, 0) is 50.5 Å². The van der Waals surface area contributed by atoms with E-state index in [0.717, 1.165) is 55.2 Å².